The van der Waals surface area contributed by atoms with Gasteiger partial charge in [0.1, 0.15) is 0 Å². The molecular formula is C15H25N. The van der Waals surface area contributed by atoms with E-state index >= 15 is 0 Å². The first-order chi connectivity index (χ1) is 7.57. The second-order valence-corrected chi connectivity index (χ2v) is 4.96. The molecule has 0 saturated heterocycles. The van der Waals surface area contributed by atoms with Crippen LogP contribution in [-0.4, -0.2) is 4.98 Å². The van der Waals surface area contributed by atoms with Crippen LogP contribution in [0.2, 0.25) is 0 Å². The van der Waals surface area contributed by atoms with Gasteiger partial charge in [-0.3, -0.25) is 4.98 Å². The molecule has 1 aromatic rings. The Kier molecular flexibility index (Phi) is 4.52. The van der Waals surface area contributed by atoms with Gasteiger partial charge in [-0.2, -0.15) is 0 Å². The van der Waals surface area contributed by atoms with Crippen LogP contribution in [0.3, 0.4) is 0 Å². The summed E-state index contributed by atoms with van der Waals surface area (Å²) in [5.74, 6) is 0. The summed E-state index contributed by atoms with van der Waals surface area (Å²) in [6.07, 6.45) is 4.69. The minimum absolute atomic E-state index is 0.256. The Morgan fingerprint density at radius 2 is 1.88 bits per heavy atom. The largest absolute Gasteiger partial charge is 0.257 e. The van der Waals surface area contributed by atoms with E-state index in [-0.39, 0.29) is 5.41 Å². The van der Waals surface area contributed by atoms with Gasteiger partial charge >= 0.3 is 0 Å². The molecule has 0 radical (unpaired) electrons. The van der Waals surface area contributed by atoms with Gasteiger partial charge in [0.15, 0.2) is 0 Å². The topological polar surface area (TPSA) is 12.9 Å². The van der Waals surface area contributed by atoms with E-state index in [4.69, 9.17) is 4.98 Å². The highest BCUT2D eigenvalue weighted by molar-refractivity contribution is 5.26. The summed E-state index contributed by atoms with van der Waals surface area (Å²) in [4.78, 5) is 4.81. The molecule has 1 atom stereocenters. The average Bonchev–Trinajstić information content (AvgIpc) is 2.29. The molecule has 0 bridgehead atoms. The second-order valence-electron chi connectivity index (χ2n) is 4.96. The van der Waals surface area contributed by atoms with E-state index in [0.29, 0.717) is 0 Å². The van der Waals surface area contributed by atoms with E-state index in [1.165, 1.54) is 36.2 Å². The van der Waals surface area contributed by atoms with Crippen molar-refractivity contribution in [2.45, 2.75) is 65.7 Å². The minimum Gasteiger partial charge on any atom is -0.257 e. The number of rotatable bonds is 5. The Morgan fingerprint density at radius 3 is 2.31 bits per heavy atom. The Bertz CT molecular complexity index is 343. The molecule has 0 aliphatic heterocycles. The monoisotopic (exact) mass is 219 g/mol. The molecule has 1 nitrogen and oxygen atoms in total. The molecule has 0 aromatic carbocycles. The summed E-state index contributed by atoms with van der Waals surface area (Å²) >= 11 is 0. The third-order valence-electron chi connectivity index (χ3n) is 3.78. The van der Waals surface area contributed by atoms with Gasteiger partial charge in [-0.15, -0.1) is 0 Å². The Morgan fingerprint density at radius 1 is 1.19 bits per heavy atom. The number of aromatic nitrogens is 1. The zero-order chi connectivity index (χ0) is 12.2. The molecular weight excluding hydrogens is 194 g/mol. The molecule has 16 heavy (non-hydrogen) atoms. The third-order valence-corrected chi connectivity index (χ3v) is 3.78. The van der Waals surface area contributed by atoms with Gasteiger partial charge in [0.2, 0.25) is 0 Å². The highest BCUT2D eigenvalue weighted by Gasteiger charge is 2.25. The first-order valence-corrected chi connectivity index (χ1v) is 6.54. The summed E-state index contributed by atoms with van der Waals surface area (Å²) in [6.45, 7) is 11.2. The number of aryl methyl sites for hydroxylation is 2. The molecule has 1 heteroatoms. The molecule has 0 aliphatic rings. The van der Waals surface area contributed by atoms with E-state index in [1.807, 2.05) is 0 Å². The van der Waals surface area contributed by atoms with Crippen molar-refractivity contribution < 1.29 is 0 Å². The Hall–Kier alpha value is -0.850. The molecule has 90 valence electrons. The van der Waals surface area contributed by atoms with Crippen LogP contribution in [0.5, 0.6) is 0 Å². The number of hydrogen-bond donors (Lipinski definition) is 0. The zero-order valence-electron chi connectivity index (χ0n) is 11.4. The normalized spacial score (nSPS) is 14.8. The number of pyridine rings is 1. The van der Waals surface area contributed by atoms with Crippen molar-refractivity contribution >= 4 is 0 Å². The Balaban J connectivity index is 3.07. The van der Waals surface area contributed by atoms with Crippen LogP contribution in [0.1, 0.15) is 63.9 Å². The third kappa shape index (κ3) is 2.63. The van der Waals surface area contributed by atoms with Crippen molar-refractivity contribution in [2.24, 2.45) is 0 Å². The first-order valence-electron chi connectivity index (χ1n) is 6.54. The summed E-state index contributed by atoms with van der Waals surface area (Å²) < 4.78 is 0. The summed E-state index contributed by atoms with van der Waals surface area (Å²) in [6, 6.07) is 4.48. The van der Waals surface area contributed by atoms with Crippen LogP contribution in [0.25, 0.3) is 0 Å². The fraction of sp³-hybridized carbons (Fsp3) is 0.667. The number of nitrogens with zero attached hydrogens (tertiary/aromatic N) is 1. The van der Waals surface area contributed by atoms with Crippen LogP contribution < -0.4 is 0 Å². The van der Waals surface area contributed by atoms with Crippen molar-refractivity contribution in [3.05, 3.63) is 29.1 Å². The maximum absolute atomic E-state index is 4.81. The zero-order valence-corrected chi connectivity index (χ0v) is 11.4. The first kappa shape index (κ1) is 13.2. The van der Waals surface area contributed by atoms with Crippen molar-refractivity contribution in [3.8, 4) is 0 Å². The standard InChI is InChI=1S/C15H25N/c1-6-11-15(5,8-3)14-10-9-13(7-2)12(4)16-14/h9-10H,6-8,11H2,1-5H3. The van der Waals surface area contributed by atoms with Crippen LogP contribution in [0.4, 0.5) is 0 Å². The smallest absolute Gasteiger partial charge is 0.0465 e. The summed E-state index contributed by atoms with van der Waals surface area (Å²) in [5.41, 5.74) is 4.10. The van der Waals surface area contributed by atoms with Gasteiger partial charge in [0, 0.05) is 16.8 Å². The van der Waals surface area contributed by atoms with Crippen molar-refractivity contribution in [1.82, 2.24) is 4.98 Å². The van der Waals surface area contributed by atoms with Gasteiger partial charge in [-0.25, -0.2) is 0 Å². The lowest BCUT2D eigenvalue weighted by molar-refractivity contribution is 0.401. The van der Waals surface area contributed by atoms with E-state index in [0.717, 1.165) is 6.42 Å². The fourth-order valence-electron chi connectivity index (χ4n) is 2.34. The minimum atomic E-state index is 0.256. The maximum Gasteiger partial charge on any atom is 0.0465 e. The van der Waals surface area contributed by atoms with Crippen LogP contribution in [0.15, 0.2) is 12.1 Å². The second kappa shape index (κ2) is 5.47. The van der Waals surface area contributed by atoms with Crippen LogP contribution in [-0.2, 0) is 11.8 Å². The molecule has 1 heterocycles. The summed E-state index contributed by atoms with van der Waals surface area (Å²) in [5, 5.41) is 0. The molecule has 0 amide bonds. The average molecular weight is 219 g/mol. The SMILES string of the molecule is CCCC(C)(CC)c1ccc(CC)c(C)n1. The molecule has 0 fully saturated rings. The predicted octanol–water partition coefficient (Wildman–Crippen LogP) is 4.42. The van der Waals surface area contributed by atoms with Gasteiger partial charge in [0.05, 0.1) is 0 Å². The number of hydrogen-bond acceptors (Lipinski definition) is 1. The lowest BCUT2D eigenvalue weighted by atomic mass is 9.79. The quantitative estimate of drug-likeness (QED) is 0.714. The lowest BCUT2D eigenvalue weighted by Gasteiger charge is -2.28. The van der Waals surface area contributed by atoms with Crippen LogP contribution in [0, 0.1) is 6.92 Å². The van der Waals surface area contributed by atoms with Gasteiger partial charge in [0.25, 0.3) is 0 Å². The van der Waals surface area contributed by atoms with Gasteiger partial charge < -0.3 is 0 Å². The summed E-state index contributed by atoms with van der Waals surface area (Å²) in [7, 11) is 0. The maximum atomic E-state index is 4.81. The van der Waals surface area contributed by atoms with E-state index in [9.17, 15) is 0 Å². The Labute approximate surface area is 100 Å². The van der Waals surface area contributed by atoms with E-state index < -0.39 is 0 Å². The van der Waals surface area contributed by atoms with Crippen molar-refractivity contribution in [3.63, 3.8) is 0 Å². The van der Waals surface area contributed by atoms with Crippen molar-refractivity contribution in [1.29, 1.82) is 0 Å². The predicted molar refractivity (Wildman–Crippen MR) is 70.9 cm³/mol. The molecule has 1 unspecified atom stereocenters. The van der Waals surface area contributed by atoms with Crippen molar-refractivity contribution in [2.75, 3.05) is 0 Å². The molecule has 0 aliphatic carbocycles. The molecule has 0 N–H and O–H groups in total. The van der Waals surface area contributed by atoms with E-state index in [2.05, 4.69) is 46.8 Å². The van der Waals surface area contributed by atoms with Gasteiger partial charge in [-0.1, -0.05) is 40.2 Å². The molecule has 0 saturated carbocycles. The van der Waals surface area contributed by atoms with E-state index in [1.54, 1.807) is 0 Å². The lowest BCUT2D eigenvalue weighted by Crippen LogP contribution is -2.22. The highest BCUT2D eigenvalue weighted by Crippen LogP contribution is 2.31. The molecule has 0 spiro atoms. The van der Waals surface area contributed by atoms with Gasteiger partial charge in [-0.05, 0) is 37.8 Å². The molecule has 1 aromatic heterocycles. The fourth-order valence-corrected chi connectivity index (χ4v) is 2.34. The highest BCUT2D eigenvalue weighted by atomic mass is 14.7. The molecule has 1 rings (SSSR count). The van der Waals surface area contributed by atoms with Crippen LogP contribution >= 0.6 is 0 Å².